The number of hydrogen-bond acceptors (Lipinski definition) is 4. The summed E-state index contributed by atoms with van der Waals surface area (Å²) >= 11 is 3.20. The zero-order chi connectivity index (χ0) is 14.1. The SMILES string of the molecule is Cc1ccsc1/C=C1\SC(N2CCC[C@H](C)C2)=NC1=O. The van der Waals surface area contributed by atoms with Crippen molar-refractivity contribution in [3.05, 3.63) is 26.8 Å². The molecule has 1 aromatic heterocycles. The van der Waals surface area contributed by atoms with Gasteiger partial charge in [0.25, 0.3) is 5.91 Å². The Hall–Kier alpha value is -1.07. The van der Waals surface area contributed by atoms with Gasteiger partial charge < -0.3 is 4.90 Å². The summed E-state index contributed by atoms with van der Waals surface area (Å²) in [5.41, 5.74) is 1.22. The van der Waals surface area contributed by atoms with E-state index in [2.05, 4.69) is 35.2 Å². The number of thioether (sulfide) groups is 1. The molecule has 3 heterocycles. The molecule has 106 valence electrons. The first-order valence-corrected chi connectivity index (χ1v) is 8.64. The Bertz CT molecular complexity index is 588. The third-order valence-electron chi connectivity index (χ3n) is 3.70. The third-order valence-corrected chi connectivity index (χ3v) is 5.71. The first-order chi connectivity index (χ1) is 9.63. The molecule has 0 N–H and O–H groups in total. The Morgan fingerprint density at radius 2 is 2.35 bits per heavy atom. The number of nitrogens with zero attached hydrogens (tertiary/aromatic N) is 2. The van der Waals surface area contributed by atoms with Gasteiger partial charge in [-0.2, -0.15) is 4.99 Å². The van der Waals surface area contributed by atoms with Crippen LogP contribution in [0.25, 0.3) is 6.08 Å². The van der Waals surface area contributed by atoms with E-state index < -0.39 is 0 Å². The van der Waals surface area contributed by atoms with Crippen LogP contribution >= 0.6 is 23.1 Å². The summed E-state index contributed by atoms with van der Waals surface area (Å²) in [5.74, 6) is 0.603. The maximum Gasteiger partial charge on any atom is 0.286 e. The molecule has 1 saturated heterocycles. The van der Waals surface area contributed by atoms with E-state index in [4.69, 9.17) is 0 Å². The van der Waals surface area contributed by atoms with Crippen molar-refractivity contribution in [3.63, 3.8) is 0 Å². The molecular formula is C15H18N2OS2. The topological polar surface area (TPSA) is 32.7 Å². The van der Waals surface area contributed by atoms with E-state index in [1.807, 2.05) is 6.08 Å². The minimum absolute atomic E-state index is 0.0870. The molecule has 0 aromatic carbocycles. The number of thiophene rings is 1. The zero-order valence-corrected chi connectivity index (χ0v) is 13.4. The molecule has 0 unspecified atom stereocenters. The number of carbonyl (C=O) groups excluding carboxylic acids is 1. The Morgan fingerprint density at radius 1 is 1.50 bits per heavy atom. The molecule has 0 spiro atoms. The minimum Gasteiger partial charge on any atom is -0.351 e. The summed E-state index contributed by atoms with van der Waals surface area (Å²) in [6, 6.07) is 2.08. The van der Waals surface area contributed by atoms with Gasteiger partial charge in [-0.05, 0) is 60.5 Å². The van der Waals surface area contributed by atoms with Crippen molar-refractivity contribution >= 4 is 40.2 Å². The lowest BCUT2D eigenvalue weighted by atomic mass is 10.0. The van der Waals surface area contributed by atoms with Crippen LogP contribution in [0.1, 0.15) is 30.2 Å². The maximum atomic E-state index is 12.0. The van der Waals surface area contributed by atoms with Crippen molar-refractivity contribution < 1.29 is 4.79 Å². The minimum atomic E-state index is -0.0870. The molecule has 1 atom stereocenters. The fraction of sp³-hybridized carbons (Fsp3) is 0.467. The zero-order valence-electron chi connectivity index (χ0n) is 11.8. The summed E-state index contributed by atoms with van der Waals surface area (Å²) in [6.07, 6.45) is 4.45. The number of amidine groups is 1. The summed E-state index contributed by atoms with van der Waals surface area (Å²) in [4.78, 5) is 20.5. The molecule has 1 fully saturated rings. The molecule has 0 aliphatic carbocycles. The van der Waals surface area contributed by atoms with E-state index in [0.29, 0.717) is 5.92 Å². The molecule has 2 aliphatic rings. The number of rotatable bonds is 1. The predicted molar refractivity (Wildman–Crippen MR) is 87.0 cm³/mol. The van der Waals surface area contributed by atoms with Crippen molar-refractivity contribution in [1.82, 2.24) is 4.90 Å². The molecule has 3 rings (SSSR count). The van der Waals surface area contributed by atoms with Gasteiger partial charge in [-0.1, -0.05) is 6.92 Å². The van der Waals surface area contributed by atoms with E-state index in [1.165, 1.54) is 30.2 Å². The van der Waals surface area contributed by atoms with Crippen LogP contribution in [0, 0.1) is 12.8 Å². The van der Waals surface area contributed by atoms with Gasteiger partial charge in [0.15, 0.2) is 5.17 Å². The third kappa shape index (κ3) is 2.83. The van der Waals surface area contributed by atoms with E-state index in [1.54, 1.807) is 11.3 Å². The Kier molecular flexibility index (Phi) is 3.98. The standard InChI is InChI=1S/C15H18N2OS2/c1-10-4-3-6-17(9-10)15-16-14(18)13(20-15)8-12-11(2)5-7-19-12/h5,7-8,10H,3-4,6,9H2,1-2H3/b13-8-/t10-/m0/s1. The van der Waals surface area contributed by atoms with Gasteiger partial charge in [-0.3, -0.25) is 4.79 Å². The van der Waals surface area contributed by atoms with Gasteiger partial charge in [0.2, 0.25) is 0 Å². The van der Waals surface area contributed by atoms with Crippen LogP contribution in [0.3, 0.4) is 0 Å². The molecule has 0 bridgehead atoms. The molecule has 0 radical (unpaired) electrons. The van der Waals surface area contributed by atoms with Crippen LogP contribution < -0.4 is 0 Å². The maximum absolute atomic E-state index is 12.0. The van der Waals surface area contributed by atoms with E-state index in [9.17, 15) is 4.79 Å². The molecule has 1 aromatic rings. The Morgan fingerprint density at radius 3 is 3.05 bits per heavy atom. The van der Waals surface area contributed by atoms with Gasteiger partial charge in [0.05, 0.1) is 4.91 Å². The highest BCUT2D eigenvalue weighted by atomic mass is 32.2. The second-order valence-corrected chi connectivity index (χ2v) is 7.43. The van der Waals surface area contributed by atoms with Gasteiger partial charge in [0.1, 0.15) is 0 Å². The molecule has 3 nitrogen and oxygen atoms in total. The number of aryl methyl sites for hydroxylation is 1. The van der Waals surface area contributed by atoms with E-state index in [-0.39, 0.29) is 5.91 Å². The summed E-state index contributed by atoms with van der Waals surface area (Å²) in [7, 11) is 0. The van der Waals surface area contributed by atoms with Crippen LogP contribution in [0.4, 0.5) is 0 Å². The van der Waals surface area contributed by atoms with Crippen molar-refractivity contribution in [1.29, 1.82) is 0 Å². The molecular weight excluding hydrogens is 288 g/mol. The molecule has 20 heavy (non-hydrogen) atoms. The quantitative estimate of drug-likeness (QED) is 0.741. The number of likely N-dealkylation sites (tertiary alicyclic amines) is 1. The van der Waals surface area contributed by atoms with E-state index in [0.717, 1.165) is 28.0 Å². The van der Waals surface area contributed by atoms with Crippen molar-refractivity contribution in [2.24, 2.45) is 10.9 Å². The number of aliphatic imine (C=N–C) groups is 1. The van der Waals surface area contributed by atoms with Crippen molar-refractivity contribution in [2.75, 3.05) is 13.1 Å². The molecule has 2 aliphatic heterocycles. The van der Waals surface area contributed by atoms with Gasteiger partial charge in [-0.25, -0.2) is 0 Å². The molecule has 5 heteroatoms. The Labute approximate surface area is 127 Å². The highest BCUT2D eigenvalue weighted by Crippen LogP contribution is 2.33. The number of carbonyl (C=O) groups is 1. The van der Waals surface area contributed by atoms with Gasteiger partial charge in [0, 0.05) is 18.0 Å². The molecule has 0 saturated carbocycles. The van der Waals surface area contributed by atoms with E-state index >= 15 is 0 Å². The van der Waals surface area contributed by atoms with Crippen LogP contribution in [0.2, 0.25) is 0 Å². The first kappa shape index (κ1) is 13.9. The average Bonchev–Trinajstić information content (AvgIpc) is 2.98. The van der Waals surface area contributed by atoms with Crippen LogP contribution in [-0.4, -0.2) is 29.1 Å². The first-order valence-electron chi connectivity index (χ1n) is 6.95. The second kappa shape index (κ2) is 5.74. The monoisotopic (exact) mass is 306 g/mol. The van der Waals surface area contributed by atoms with Crippen molar-refractivity contribution in [3.8, 4) is 0 Å². The largest absolute Gasteiger partial charge is 0.351 e. The summed E-state index contributed by atoms with van der Waals surface area (Å²) in [6.45, 7) is 6.38. The lowest BCUT2D eigenvalue weighted by Crippen LogP contribution is -2.37. The fourth-order valence-electron chi connectivity index (χ4n) is 2.55. The van der Waals surface area contributed by atoms with Crippen LogP contribution in [0.5, 0.6) is 0 Å². The number of amides is 1. The smallest absolute Gasteiger partial charge is 0.286 e. The summed E-state index contributed by atoms with van der Waals surface area (Å²) < 4.78 is 0. The summed E-state index contributed by atoms with van der Waals surface area (Å²) in [5, 5.41) is 2.95. The fourth-order valence-corrected chi connectivity index (χ4v) is 4.41. The Balaban J connectivity index is 1.75. The lowest BCUT2D eigenvalue weighted by molar-refractivity contribution is -0.113. The van der Waals surface area contributed by atoms with Crippen LogP contribution in [0.15, 0.2) is 21.3 Å². The van der Waals surface area contributed by atoms with Crippen LogP contribution in [-0.2, 0) is 4.79 Å². The average molecular weight is 306 g/mol. The molecule has 1 amide bonds. The van der Waals surface area contributed by atoms with Crippen molar-refractivity contribution in [2.45, 2.75) is 26.7 Å². The highest BCUT2D eigenvalue weighted by molar-refractivity contribution is 8.18. The normalized spacial score (nSPS) is 25.4. The number of piperidine rings is 1. The van der Waals surface area contributed by atoms with Gasteiger partial charge in [-0.15, -0.1) is 11.3 Å². The van der Waals surface area contributed by atoms with Gasteiger partial charge >= 0.3 is 0 Å². The predicted octanol–water partition coefficient (Wildman–Crippen LogP) is 3.76. The lowest BCUT2D eigenvalue weighted by Gasteiger charge is -2.31. The number of hydrogen-bond donors (Lipinski definition) is 0. The highest BCUT2D eigenvalue weighted by Gasteiger charge is 2.28. The second-order valence-electron chi connectivity index (χ2n) is 5.47.